The van der Waals surface area contributed by atoms with Crippen molar-refractivity contribution in [3.63, 3.8) is 0 Å². The zero-order valence-electron chi connectivity index (χ0n) is 18.7. The van der Waals surface area contributed by atoms with E-state index < -0.39 is 0 Å². The van der Waals surface area contributed by atoms with Gasteiger partial charge in [0.15, 0.2) is 0 Å². The highest BCUT2D eigenvalue weighted by molar-refractivity contribution is 5.53. The fourth-order valence-electron chi connectivity index (χ4n) is 4.32. The maximum Gasteiger partial charge on any atom is 0.235 e. The molecule has 0 amide bonds. The minimum Gasteiger partial charge on any atom is -0.260 e. The van der Waals surface area contributed by atoms with Crippen molar-refractivity contribution in [1.82, 2.24) is 9.80 Å². The Morgan fingerprint density at radius 2 is 1.32 bits per heavy atom. The molecule has 160 valence electrons. The van der Waals surface area contributed by atoms with E-state index in [0.29, 0.717) is 6.04 Å². The van der Waals surface area contributed by atoms with E-state index in [4.69, 9.17) is 0 Å². The van der Waals surface area contributed by atoms with Gasteiger partial charge in [-0.25, -0.2) is 0 Å². The van der Waals surface area contributed by atoms with Gasteiger partial charge in [-0.1, -0.05) is 73.8 Å². The van der Waals surface area contributed by atoms with Crippen LogP contribution in [0.15, 0.2) is 61.7 Å². The monoisotopic (exact) mass is 414 g/mol. The fraction of sp³-hybridized carbons (Fsp3) is 0.333. The molecule has 1 unspecified atom stereocenters. The molecule has 2 aromatic rings. The first-order valence-electron chi connectivity index (χ1n) is 11.2. The molecule has 2 aliphatic heterocycles. The van der Waals surface area contributed by atoms with Crippen LogP contribution in [-0.4, -0.2) is 70.4 Å². The molecule has 2 heterocycles. The van der Waals surface area contributed by atoms with Gasteiger partial charge in [0, 0.05) is 0 Å². The predicted molar refractivity (Wildman–Crippen MR) is 131 cm³/mol. The molecule has 0 radical (unpaired) electrons. The van der Waals surface area contributed by atoms with Crippen molar-refractivity contribution in [2.75, 3.05) is 32.7 Å². The minimum atomic E-state index is 0.496. The van der Waals surface area contributed by atoms with Crippen molar-refractivity contribution in [1.29, 1.82) is 0 Å². The van der Waals surface area contributed by atoms with Crippen LogP contribution in [-0.2, 0) is 13.1 Å². The van der Waals surface area contributed by atoms with Crippen molar-refractivity contribution in [2.24, 2.45) is 0 Å². The van der Waals surface area contributed by atoms with Gasteiger partial charge in [0.25, 0.3) is 0 Å². The third-order valence-corrected chi connectivity index (χ3v) is 6.23. The van der Waals surface area contributed by atoms with Crippen LogP contribution in [0.1, 0.15) is 29.2 Å². The first kappa shape index (κ1) is 21.1. The average molecular weight is 415 g/mol. The summed E-state index contributed by atoms with van der Waals surface area (Å²) in [6.45, 7) is 17.4. The Bertz CT molecular complexity index is 969. The molecule has 0 N–H and O–H groups in total. The van der Waals surface area contributed by atoms with Crippen LogP contribution in [0, 0.1) is 0 Å². The average Bonchev–Trinajstić information content (AvgIpc) is 3.44. The molecule has 4 heteroatoms. The highest BCUT2D eigenvalue weighted by Crippen LogP contribution is 2.11. The zero-order valence-corrected chi connectivity index (χ0v) is 18.7. The van der Waals surface area contributed by atoms with Crippen LogP contribution in [0.3, 0.4) is 0 Å². The molecule has 4 rings (SSSR count). The molecule has 31 heavy (non-hydrogen) atoms. The molecule has 0 saturated carbocycles. The first-order chi connectivity index (χ1) is 15.1. The lowest BCUT2D eigenvalue weighted by atomic mass is 10.1. The summed E-state index contributed by atoms with van der Waals surface area (Å²) in [5.41, 5.74) is 5.05. The van der Waals surface area contributed by atoms with E-state index in [9.17, 15) is 0 Å². The molecule has 4 nitrogen and oxygen atoms in total. The van der Waals surface area contributed by atoms with Crippen molar-refractivity contribution < 1.29 is 9.15 Å². The maximum atomic E-state index is 3.83. The van der Waals surface area contributed by atoms with Crippen molar-refractivity contribution in [3.05, 3.63) is 83.9 Å². The summed E-state index contributed by atoms with van der Waals surface area (Å²) in [6, 6.07) is 17.9. The van der Waals surface area contributed by atoms with Crippen LogP contribution >= 0.6 is 0 Å². The number of nitrogens with zero attached hydrogens (tertiary/aromatic N) is 4. The Labute approximate surface area is 186 Å². The normalized spacial score (nSPS) is 16.8. The quantitative estimate of drug-likeness (QED) is 0.579. The predicted octanol–water partition coefficient (Wildman–Crippen LogP) is 3.77. The zero-order chi connectivity index (χ0) is 21.6. The Morgan fingerprint density at radius 1 is 0.806 bits per heavy atom. The summed E-state index contributed by atoms with van der Waals surface area (Å²) in [5, 5.41) is 0. The van der Waals surface area contributed by atoms with Crippen LogP contribution in [0.2, 0.25) is 0 Å². The van der Waals surface area contributed by atoms with Gasteiger partial charge in [-0.2, -0.15) is 0 Å². The standard InChI is InChI=1S/C27H34N4/c1-4-24-6-10-26(11-7-24)19-29-15-14-28(21-29)18-23(3)31-17-16-30(22-31)20-27-12-8-25(5-2)9-13-27/h4-13,21-23H,1-2,14-20H2,3H3/q+2. The third-order valence-electron chi connectivity index (χ3n) is 6.23. The number of benzene rings is 2. The Balaban J connectivity index is 1.29. The molecule has 0 spiro atoms. The number of rotatable bonds is 9. The van der Waals surface area contributed by atoms with E-state index in [0.717, 1.165) is 45.8 Å². The maximum absolute atomic E-state index is 3.83. The Kier molecular flexibility index (Phi) is 6.66. The van der Waals surface area contributed by atoms with Crippen LogP contribution in [0.5, 0.6) is 0 Å². The molecule has 0 saturated heterocycles. The van der Waals surface area contributed by atoms with Gasteiger partial charge in [-0.15, -0.1) is 0 Å². The molecular weight excluding hydrogens is 380 g/mol. The second-order valence-electron chi connectivity index (χ2n) is 8.65. The van der Waals surface area contributed by atoms with Crippen molar-refractivity contribution in [2.45, 2.75) is 26.1 Å². The molecular formula is C27H34N4+2. The summed E-state index contributed by atoms with van der Waals surface area (Å²) in [4.78, 5) is 4.95. The largest absolute Gasteiger partial charge is 0.260 e. The van der Waals surface area contributed by atoms with Crippen LogP contribution in [0.25, 0.3) is 12.2 Å². The SMILES string of the molecule is C=Cc1ccc(C[N+]2=CN(CC(C)N3C=[N+](Cc4ccc(C=C)cc4)CC3)CC2)cc1. The summed E-state index contributed by atoms with van der Waals surface area (Å²) < 4.78 is 4.84. The second-order valence-corrected chi connectivity index (χ2v) is 8.65. The van der Waals surface area contributed by atoms with Crippen molar-refractivity contribution >= 4 is 24.8 Å². The minimum absolute atomic E-state index is 0.496. The van der Waals surface area contributed by atoms with Crippen LogP contribution in [0.4, 0.5) is 0 Å². The topological polar surface area (TPSA) is 12.5 Å². The molecule has 0 aliphatic carbocycles. The summed E-state index contributed by atoms with van der Waals surface area (Å²) in [6.07, 6.45) is 8.42. The van der Waals surface area contributed by atoms with Gasteiger partial charge in [0.1, 0.15) is 51.9 Å². The van der Waals surface area contributed by atoms with Gasteiger partial charge in [0.05, 0.1) is 0 Å². The lowest BCUT2D eigenvalue weighted by Crippen LogP contribution is -2.40. The Hall–Kier alpha value is -3.14. The molecule has 2 aromatic carbocycles. The van der Waals surface area contributed by atoms with Crippen molar-refractivity contribution in [3.8, 4) is 0 Å². The third kappa shape index (κ3) is 5.52. The molecule has 0 fully saturated rings. The highest BCUT2D eigenvalue weighted by Gasteiger charge is 2.29. The summed E-state index contributed by atoms with van der Waals surface area (Å²) >= 11 is 0. The first-order valence-corrected chi connectivity index (χ1v) is 11.2. The van der Waals surface area contributed by atoms with E-state index in [-0.39, 0.29) is 0 Å². The number of hydrogen-bond donors (Lipinski definition) is 0. The van der Waals surface area contributed by atoms with Gasteiger partial charge in [-0.3, -0.25) is 19.0 Å². The lowest BCUT2D eigenvalue weighted by Gasteiger charge is -2.17. The summed E-state index contributed by atoms with van der Waals surface area (Å²) in [5.74, 6) is 0. The van der Waals surface area contributed by atoms with Crippen LogP contribution < -0.4 is 0 Å². The van der Waals surface area contributed by atoms with E-state index >= 15 is 0 Å². The Morgan fingerprint density at radius 3 is 1.87 bits per heavy atom. The van der Waals surface area contributed by atoms with Gasteiger partial charge in [-0.05, 0) is 29.2 Å². The molecule has 0 aromatic heterocycles. The smallest absolute Gasteiger partial charge is 0.235 e. The van der Waals surface area contributed by atoms with E-state index in [1.807, 2.05) is 12.2 Å². The second kappa shape index (κ2) is 9.78. The molecule has 2 aliphatic rings. The molecule has 0 bridgehead atoms. The van der Waals surface area contributed by atoms with E-state index in [2.05, 4.69) is 100 Å². The van der Waals surface area contributed by atoms with Gasteiger partial charge < -0.3 is 0 Å². The lowest BCUT2D eigenvalue weighted by molar-refractivity contribution is -0.530. The van der Waals surface area contributed by atoms with Gasteiger partial charge >= 0.3 is 0 Å². The highest BCUT2D eigenvalue weighted by atomic mass is 15.3. The van der Waals surface area contributed by atoms with E-state index in [1.165, 1.54) is 22.3 Å². The van der Waals surface area contributed by atoms with Gasteiger partial charge in [0.2, 0.25) is 12.7 Å². The molecule has 1 atom stereocenters. The van der Waals surface area contributed by atoms with E-state index in [1.54, 1.807) is 0 Å². The number of hydrogen-bond acceptors (Lipinski definition) is 2. The summed E-state index contributed by atoms with van der Waals surface area (Å²) in [7, 11) is 0. The fourth-order valence-corrected chi connectivity index (χ4v) is 4.32.